The van der Waals surface area contributed by atoms with Crippen LogP contribution in [0.25, 0.3) is 11.1 Å². The van der Waals surface area contributed by atoms with Crippen molar-refractivity contribution in [3.8, 4) is 22.6 Å². The number of ether oxygens (including phenoxy) is 1. The number of hydrogen-bond acceptors (Lipinski definition) is 4. The molecule has 0 saturated carbocycles. The summed E-state index contributed by atoms with van der Waals surface area (Å²) in [5.74, 6) is -0.429. The number of phenols is 1. The normalized spacial score (nSPS) is 11.6. The quantitative estimate of drug-likeness (QED) is 0.318. The van der Waals surface area contributed by atoms with E-state index in [1.807, 2.05) is 42.5 Å². The lowest BCUT2D eigenvalue weighted by atomic mass is 9.94. The van der Waals surface area contributed by atoms with Gasteiger partial charge in [0.15, 0.2) is 0 Å². The highest BCUT2D eigenvalue weighted by Gasteiger charge is 2.17. The number of rotatable bonds is 12. The number of carbonyl (C=O) groups excluding carboxylic acids is 1. The molecule has 0 aliphatic rings. The summed E-state index contributed by atoms with van der Waals surface area (Å²) < 4.78 is 5.70. The van der Waals surface area contributed by atoms with Gasteiger partial charge in [0.05, 0.1) is 12.5 Å². The Balaban J connectivity index is 1.43. The highest BCUT2D eigenvalue weighted by atomic mass is 16.5. The molecule has 0 saturated heterocycles. The number of unbranched alkanes of at least 4 members (excludes halogenated alkanes) is 1. The first-order chi connectivity index (χ1) is 16.5. The largest absolute Gasteiger partial charge is 0.508 e. The maximum Gasteiger partial charge on any atom is 0.306 e. The lowest BCUT2D eigenvalue weighted by Crippen LogP contribution is -2.28. The van der Waals surface area contributed by atoms with E-state index in [9.17, 15) is 19.8 Å². The summed E-state index contributed by atoms with van der Waals surface area (Å²) in [7, 11) is 0. The third-order valence-corrected chi connectivity index (χ3v) is 5.64. The molecule has 0 spiro atoms. The van der Waals surface area contributed by atoms with Gasteiger partial charge < -0.3 is 20.3 Å². The first kappa shape index (κ1) is 24.8. The van der Waals surface area contributed by atoms with Crippen LogP contribution in [0.3, 0.4) is 0 Å². The van der Waals surface area contributed by atoms with Gasteiger partial charge in [-0.2, -0.15) is 0 Å². The number of hydrogen-bond donors (Lipinski definition) is 3. The summed E-state index contributed by atoms with van der Waals surface area (Å²) in [6, 6.07) is 21.6. The molecule has 6 nitrogen and oxygen atoms in total. The predicted molar refractivity (Wildman–Crippen MR) is 132 cm³/mol. The van der Waals surface area contributed by atoms with E-state index in [1.54, 1.807) is 30.3 Å². The number of phenolic OH excluding ortho intramolecular Hbond substituents is 1. The Morgan fingerprint density at radius 1 is 0.971 bits per heavy atom. The molecule has 3 aromatic carbocycles. The number of aromatic hydroxyl groups is 1. The third-order valence-electron chi connectivity index (χ3n) is 5.64. The average molecular weight is 462 g/mol. The van der Waals surface area contributed by atoms with Crippen LogP contribution < -0.4 is 10.1 Å². The molecule has 1 amide bonds. The van der Waals surface area contributed by atoms with Crippen molar-refractivity contribution in [1.29, 1.82) is 0 Å². The van der Waals surface area contributed by atoms with Crippen molar-refractivity contribution in [2.75, 3.05) is 13.2 Å². The van der Waals surface area contributed by atoms with E-state index in [-0.39, 0.29) is 17.6 Å². The van der Waals surface area contributed by atoms with Gasteiger partial charge in [-0.15, -0.1) is 0 Å². The van der Waals surface area contributed by atoms with Gasteiger partial charge in [-0.1, -0.05) is 56.2 Å². The van der Waals surface area contributed by atoms with Crippen LogP contribution in [0, 0.1) is 5.92 Å². The van der Waals surface area contributed by atoms with Gasteiger partial charge in [-0.3, -0.25) is 9.59 Å². The zero-order chi connectivity index (χ0) is 24.3. The van der Waals surface area contributed by atoms with Crippen molar-refractivity contribution in [2.24, 2.45) is 5.92 Å². The summed E-state index contributed by atoms with van der Waals surface area (Å²) in [6.07, 6.45) is 3.08. The lowest BCUT2D eigenvalue weighted by Gasteiger charge is -2.13. The van der Waals surface area contributed by atoms with Crippen LogP contribution in [0.15, 0.2) is 72.8 Å². The fraction of sp³-hybridized carbons (Fsp3) is 0.286. The van der Waals surface area contributed by atoms with Gasteiger partial charge >= 0.3 is 5.97 Å². The van der Waals surface area contributed by atoms with Crippen molar-refractivity contribution in [1.82, 2.24) is 5.32 Å². The Labute approximate surface area is 200 Å². The van der Waals surface area contributed by atoms with Crippen molar-refractivity contribution in [3.63, 3.8) is 0 Å². The minimum Gasteiger partial charge on any atom is -0.508 e. The van der Waals surface area contributed by atoms with E-state index in [4.69, 9.17) is 4.74 Å². The number of carbonyl (C=O) groups is 2. The summed E-state index contributed by atoms with van der Waals surface area (Å²) >= 11 is 0. The molecule has 0 fully saturated rings. The Hall–Kier alpha value is -3.80. The van der Waals surface area contributed by atoms with E-state index >= 15 is 0 Å². The Bertz CT molecular complexity index is 1080. The number of carboxylic acid groups (broad SMARTS) is 1. The lowest BCUT2D eigenvalue weighted by molar-refractivity contribution is -0.142. The highest BCUT2D eigenvalue weighted by molar-refractivity contribution is 5.94. The van der Waals surface area contributed by atoms with E-state index in [0.717, 1.165) is 29.5 Å². The van der Waals surface area contributed by atoms with Crippen LogP contribution in [-0.4, -0.2) is 35.2 Å². The predicted octanol–water partition coefficient (Wildman–Crippen LogP) is 5.30. The molecule has 178 valence electrons. The second-order valence-electron chi connectivity index (χ2n) is 8.26. The Morgan fingerprint density at radius 3 is 2.35 bits per heavy atom. The van der Waals surface area contributed by atoms with Crippen molar-refractivity contribution >= 4 is 11.9 Å². The van der Waals surface area contributed by atoms with Crippen LogP contribution in [0.4, 0.5) is 0 Å². The molecular formula is C28H31NO5. The molecule has 3 aromatic rings. The molecule has 0 heterocycles. The van der Waals surface area contributed by atoms with Gasteiger partial charge in [0.2, 0.25) is 0 Å². The van der Waals surface area contributed by atoms with Crippen LogP contribution in [-0.2, 0) is 11.2 Å². The second-order valence-corrected chi connectivity index (χ2v) is 8.26. The smallest absolute Gasteiger partial charge is 0.306 e. The number of carboxylic acids is 1. The number of benzene rings is 3. The van der Waals surface area contributed by atoms with E-state index in [2.05, 4.69) is 12.2 Å². The maximum atomic E-state index is 12.4. The number of nitrogens with one attached hydrogen (secondary N) is 1. The fourth-order valence-corrected chi connectivity index (χ4v) is 3.70. The maximum absolute atomic E-state index is 12.4. The van der Waals surface area contributed by atoms with Gasteiger partial charge in [-0.05, 0) is 65.9 Å². The first-order valence-corrected chi connectivity index (χ1v) is 11.6. The summed E-state index contributed by atoms with van der Waals surface area (Å²) in [5.41, 5.74) is 3.31. The molecular weight excluding hydrogens is 430 g/mol. The molecule has 0 aliphatic heterocycles. The third kappa shape index (κ3) is 7.37. The van der Waals surface area contributed by atoms with Crippen molar-refractivity contribution in [3.05, 3.63) is 83.9 Å². The standard InChI is InChI=1S/C28H31NO5/c1-2-3-5-24(28(32)33)18-20-8-14-26(15-9-20)34-17-16-29-27(31)22-12-10-21(11-13-22)23-6-4-7-25(30)19-23/h4,6-15,19,24,30H,2-3,5,16-18H2,1H3,(H,29,31)(H,32,33). The SMILES string of the molecule is CCCCC(Cc1ccc(OCCNC(=O)c2ccc(-c3cccc(O)c3)cc2)cc1)C(=O)O. The van der Waals surface area contributed by atoms with E-state index < -0.39 is 5.97 Å². The van der Waals surface area contributed by atoms with Gasteiger partial charge in [0, 0.05) is 5.56 Å². The molecule has 6 heteroatoms. The molecule has 0 aromatic heterocycles. The van der Waals surface area contributed by atoms with Crippen molar-refractivity contribution in [2.45, 2.75) is 32.6 Å². The minimum absolute atomic E-state index is 0.187. The summed E-state index contributed by atoms with van der Waals surface area (Å²) in [6.45, 7) is 2.73. The van der Waals surface area contributed by atoms with Crippen LogP contribution in [0.5, 0.6) is 11.5 Å². The zero-order valence-electron chi connectivity index (χ0n) is 19.4. The van der Waals surface area contributed by atoms with E-state index in [0.29, 0.717) is 37.3 Å². The van der Waals surface area contributed by atoms with Crippen LogP contribution in [0.2, 0.25) is 0 Å². The fourth-order valence-electron chi connectivity index (χ4n) is 3.70. The summed E-state index contributed by atoms with van der Waals surface area (Å²) in [5, 5.41) is 21.9. The number of amides is 1. The molecule has 34 heavy (non-hydrogen) atoms. The van der Waals surface area contributed by atoms with E-state index in [1.165, 1.54) is 0 Å². The monoisotopic (exact) mass is 461 g/mol. The highest BCUT2D eigenvalue weighted by Crippen LogP contribution is 2.23. The number of aliphatic carboxylic acids is 1. The topological polar surface area (TPSA) is 95.9 Å². The Morgan fingerprint density at radius 2 is 1.71 bits per heavy atom. The minimum atomic E-state index is -0.751. The molecule has 0 aliphatic carbocycles. The second kappa shape index (κ2) is 12.4. The molecule has 0 bridgehead atoms. The zero-order valence-corrected chi connectivity index (χ0v) is 19.4. The van der Waals surface area contributed by atoms with Gasteiger partial charge in [0.25, 0.3) is 5.91 Å². The van der Waals surface area contributed by atoms with Crippen LogP contribution >= 0.6 is 0 Å². The molecule has 3 rings (SSSR count). The van der Waals surface area contributed by atoms with Crippen molar-refractivity contribution < 1.29 is 24.5 Å². The average Bonchev–Trinajstić information content (AvgIpc) is 2.85. The van der Waals surface area contributed by atoms with Gasteiger partial charge in [-0.25, -0.2) is 0 Å². The summed E-state index contributed by atoms with van der Waals surface area (Å²) in [4.78, 5) is 23.8. The molecule has 1 atom stereocenters. The first-order valence-electron chi connectivity index (χ1n) is 11.6. The Kier molecular flexibility index (Phi) is 9.09. The molecule has 0 radical (unpaired) electrons. The molecule has 3 N–H and O–H groups in total. The molecule has 1 unspecified atom stereocenters. The van der Waals surface area contributed by atoms with Crippen LogP contribution in [0.1, 0.15) is 42.1 Å². The van der Waals surface area contributed by atoms with Gasteiger partial charge in [0.1, 0.15) is 18.1 Å².